The zero-order valence-corrected chi connectivity index (χ0v) is 16.2. The lowest BCUT2D eigenvalue weighted by Crippen LogP contribution is -2.28. The zero-order valence-electron chi connectivity index (χ0n) is 15.4. The fourth-order valence-corrected chi connectivity index (χ4v) is 3.54. The topological polar surface area (TPSA) is 63.9 Å². The number of tetrazole rings is 1. The van der Waals surface area contributed by atoms with Crippen molar-refractivity contribution < 1.29 is 9.18 Å². The molecule has 8 heteroatoms. The number of carbonyl (C=O) groups is 1. The molecule has 0 aliphatic carbocycles. The lowest BCUT2D eigenvalue weighted by atomic mass is 10.1. The van der Waals surface area contributed by atoms with Crippen molar-refractivity contribution in [1.82, 2.24) is 25.1 Å². The molecule has 0 saturated heterocycles. The zero-order chi connectivity index (χ0) is 19.4. The molecule has 0 aliphatic rings. The van der Waals surface area contributed by atoms with Crippen LogP contribution in [0.25, 0.3) is 5.69 Å². The van der Waals surface area contributed by atoms with E-state index in [0.717, 1.165) is 16.8 Å². The monoisotopic (exact) mass is 385 g/mol. The molecule has 0 bridgehead atoms. The SMILES string of the molecule is Cc1cc(C)cc(-n2nnnc2SCC(=O)N(C)Cc2ccccc2F)c1. The first-order chi connectivity index (χ1) is 12.9. The van der Waals surface area contributed by atoms with Crippen LogP contribution in [0.2, 0.25) is 0 Å². The van der Waals surface area contributed by atoms with Gasteiger partial charge in [0.15, 0.2) is 0 Å². The Hall–Kier alpha value is -2.74. The minimum Gasteiger partial charge on any atom is -0.341 e. The third kappa shape index (κ3) is 4.71. The van der Waals surface area contributed by atoms with E-state index < -0.39 is 0 Å². The Kier molecular flexibility index (Phi) is 5.85. The van der Waals surface area contributed by atoms with Gasteiger partial charge in [0, 0.05) is 19.2 Å². The maximum Gasteiger partial charge on any atom is 0.233 e. The minimum atomic E-state index is -0.316. The van der Waals surface area contributed by atoms with Crippen molar-refractivity contribution in [3.05, 3.63) is 65.0 Å². The minimum absolute atomic E-state index is 0.127. The second-order valence-electron chi connectivity index (χ2n) is 6.35. The molecule has 0 unspecified atom stereocenters. The van der Waals surface area contributed by atoms with Crippen LogP contribution in [0.1, 0.15) is 16.7 Å². The first-order valence-electron chi connectivity index (χ1n) is 8.41. The highest BCUT2D eigenvalue weighted by molar-refractivity contribution is 7.99. The Morgan fingerprint density at radius 3 is 2.59 bits per heavy atom. The predicted octanol–water partition coefficient (Wildman–Crippen LogP) is 3.17. The molecule has 27 heavy (non-hydrogen) atoms. The average Bonchev–Trinajstić information content (AvgIpc) is 3.09. The molecule has 1 aromatic heterocycles. The summed E-state index contributed by atoms with van der Waals surface area (Å²) in [6.07, 6.45) is 0. The Bertz CT molecular complexity index is 939. The summed E-state index contributed by atoms with van der Waals surface area (Å²) in [4.78, 5) is 13.9. The molecule has 0 spiro atoms. The van der Waals surface area contributed by atoms with Crippen molar-refractivity contribution >= 4 is 17.7 Å². The number of rotatable bonds is 6. The summed E-state index contributed by atoms with van der Waals surface area (Å²) >= 11 is 1.25. The third-order valence-corrected chi connectivity index (χ3v) is 4.91. The van der Waals surface area contributed by atoms with Crippen LogP contribution in [-0.4, -0.2) is 43.8 Å². The van der Waals surface area contributed by atoms with Crippen LogP contribution in [0.4, 0.5) is 4.39 Å². The van der Waals surface area contributed by atoms with E-state index in [1.807, 2.05) is 26.0 Å². The van der Waals surface area contributed by atoms with Crippen LogP contribution in [0.3, 0.4) is 0 Å². The van der Waals surface area contributed by atoms with Gasteiger partial charge in [0.05, 0.1) is 11.4 Å². The molecule has 3 aromatic rings. The summed E-state index contributed by atoms with van der Waals surface area (Å²) < 4.78 is 15.4. The number of aryl methyl sites for hydroxylation is 2. The molecule has 3 rings (SSSR count). The van der Waals surface area contributed by atoms with E-state index in [1.165, 1.54) is 22.7 Å². The molecular formula is C19H20FN5OS. The van der Waals surface area contributed by atoms with Crippen LogP contribution in [0, 0.1) is 19.7 Å². The van der Waals surface area contributed by atoms with Gasteiger partial charge < -0.3 is 4.90 Å². The van der Waals surface area contributed by atoms with E-state index >= 15 is 0 Å². The van der Waals surface area contributed by atoms with Gasteiger partial charge in [0.25, 0.3) is 0 Å². The number of aromatic nitrogens is 4. The van der Waals surface area contributed by atoms with E-state index in [0.29, 0.717) is 10.7 Å². The Morgan fingerprint density at radius 1 is 1.19 bits per heavy atom. The van der Waals surface area contributed by atoms with Gasteiger partial charge in [-0.2, -0.15) is 4.68 Å². The normalized spacial score (nSPS) is 10.8. The van der Waals surface area contributed by atoms with Gasteiger partial charge in [-0.3, -0.25) is 4.79 Å². The summed E-state index contributed by atoms with van der Waals surface area (Å²) in [6.45, 7) is 4.23. The van der Waals surface area contributed by atoms with Crippen LogP contribution >= 0.6 is 11.8 Å². The maximum absolute atomic E-state index is 13.8. The fourth-order valence-electron chi connectivity index (χ4n) is 2.71. The number of halogens is 1. The van der Waals surface area contributed by atoms with Crippen molar-refractivity contribution in [2.75, 3.05) is 12.8 Å². The molecule has 6 nitrogen and oxygen atoms in total. The standard InChI is InChI=1S/C19H20FN5OS/c1-13-8-14(2)10-16(9-13)25-19(21-22-23-25)27-12-18(26)24(3)11-15-6-4-5-7-17(15)20/h4-10H,11-12H2,1-3H3. The van der Waals surface area contributed by atoms with Crippen LogP contribution in [0.5, 0.6) is 0 Å². The number of hydrogen-bond donors (Lipinski definition) is 0. The maximum atomic E-state index is 13.8. The molecule has 0 atom stereocenters. The highest BCUT2D eigenvalue weighted by Crippen LogP contribution is 2.20. The molecule has 2 aromatic carbocycles. The summed E-state index contributed by atoms with van der Waals surface area (Å²) in [6, 6.07) is 12.5. The number of benzene rings is 2. The summed E-state index contributed by atoms with van der Waals surface area (Å²) in [5.41, 5.74) is 3.56. The largest absolute Gasteiger partial charge is 0.341 e. The Labute approximate surface area is 161 Å². The van der Waals surface area contributed by atoms with Gasteiger partial charge in [-0.05, 0) is 53.6 Å². The second kappa shape index (κ2) is 8.30. The summed E-state index contributed by atoms with van der Waals surface area (Å²) in [5.74, 6) is -0.280. The van der Waals surface area contributed by atoms with Gasteiger partial charge in [-0.15, -0.1) is 5.10 Å². The van der Waals surface area contributed by atoms with Crippen molar-refractivity contribution in [3.8, 4) is 5.69 Å². The van der Waals surface area contributed by atoms with Gasteiger partial charge >= 0.3 is 0 Å². The molecule has 0 aliphatic heterocycles. The molecule has 140 valence electrons. The van der Waals surface area contributed by atoms with E-state index in [4.69, 9.17) is 0 Å². The van der Waals surface area contributed by atoms with Gasteiger partial charge in [0.1, 0.15) is 5.82 Å². The smallest absolute Gasteiger partial charge is 0.233 e. The van der Waals surface area contributed by atoms with Gasteiger partial charge in [0.2, 0.25) is 11.1 Å². The van der Waals surface area contributed by atoms with E-state index in [2.05, 4.69) is 21.6 Å². The van der Waals surface area contributed by atoms with Crippen molar-refractivity contribution in [1.29, 1.82) is 0 Å². The second-order valence-corrected chi connectivity index (χ2v) is 7.29. The molecule has 1 amide bonds. The number of amides is 1. The average molecular weight is 385 g/mol. The highest BCUT2D eigenvalue weighted by Gasteiger charge is 2.15. The number of carbonyl (C=O) groups excluding carboxylic acids is 1. The van der Waals surface area contributed by atoms with E-state index in [9.17, 15) is 9.18 Å². The van der Waals surface area contributed by atoms with Crippen molar-refractivity contribution in [2.45, 2.75) is 25.5 Å². The molecular weight excluding hydrogens is 365 g/mol. The molecule has 0 fully saturated rings. The molecule has 0 saturated carbocycles. The lowest BCUT2D eigenvalue weighted by Gasteiger charge is -2.17. The van der Waals surface area contributed by atoms with Crippen molar-refractivity contribution in [3.63, 3.8) is 0 Å². The summed E-state index contributed by atoms with van der Waals surface area (Å²) in [7, 11) is 1.65. The lowest BCUT2D eigenvalue weighted by molar-refractivity contribution is -0.127. The quantitative estimate of drug-likeness (QED) is 0.610. The predicted molar refractivity (Wildman–Crippen MR) is 102 cm³/mol. The summed E-state index contributed by atoms with van der Waals surface area (Å²) in [5, 5.41) is 12.3. The number of hydrogen-bond acceptors (Lipinski definition) is 5. The van der Waals surface area contributed by atoms with Crippen LogP contribution in [-0.2, 0) is 11.3 Å². The first-order valence-corrected chi connectivity index (χ1v) is 9.40. The molecule has 0 N–H and O–H groups in total. The molecule has 1 heterocycles. The van der Waals surface area contributed by atoms with Crippen LogP contribution < -0.4 is 0 Å². The fraction of sp³-hybridized carbons (Fsp3) is 0.263. The van der Waals surface area contributed by atoms with Crippen LogP contribution in [0.15, 0.2) is 47.6 Å². The number of nitrogens with zero attached hydrogens (tertiary/aromatic N) is 5. The number of thioether (sulfide) groups is 1. The van der Waals surface area contributed by atoms with Gasteiger partial charge in [-0.1, -0.05) is 36.0 Å². The Morgan fingerprint density at radius 2 is 1.89 bits per heavy atom. The van der Waals surface area contributed by atoms with E-state index in [-0.39, 0.29) is 24.0 Å². The van der Waals surface area contributed by atoms with E-state index in [1.54, 1.807) is 29.9 Å². The van der Waals surface area contributed by atoms with Crippen molar-refractivity contribution in [2.24, 2.45) is 0 Å². The third-order valence-electron chi connectivity index (χ3n) is 4.01. The molecule has 0 radical (unpaired) electrons. The highest BCUT2D eigenvalue weighted by atomic mass is 32.2. The Balaban J connectivity index is 1.66. The van der Waals surface area contributed by atoms with Gasteiger partial charge in [-0.25, -0.2) is 4.39 Å². The first kappa shape index (κ1) is 19.0.